The van der Waals surface area contributed by atoms with Crippen LogP contribution in [0.5, 0.6) is 0 Å². The maximum Gasteiger partial charge on any atom is 0.0450 e. The van der Waals surface area contributed by atoms with Crippen LogP contribution in [-0.4, -0.2) is 0 Å². The highest BCUT2D eigenvalue weighted by molar-refractivity contribution is 9.13. The van der Waals surface area contributed by atoms with Crippen LogP contribution in [0.25, 0.3) is 0 Å². The molecule has 0 aliphatic carbocycles. The van der Waals surface area contributed by atoms with Gasteiger partial charge in [0.25, 0.3) is 0 Å². The molecule has 12 heavy (non-hydrogen) atoms. The van der Waals surface area contributed by atoms with Crippen LogP contribution in [0.4, 0.5) is 14.1 Å². The van der Waals surface area contributed by atoms with Crippen LogP contribution in [0, 0.1) is 0 Å². The number of hydrogen-bond donors (Lipinski definition) is 1. The van der Waals surface area contributed by atoms with E-state index >= 15 is 0 Å². The zero-order valence-electron chi connectivity index (χ0n) is 5.66. The molecular formula is C6H7Br2F3S. The van der Waals surface area contributed by atoms with E-state index in [9.17, 15) is 0 Å². The monoisotopic (exact) mass is 326 g/mol. The number of hydrogen-bond acceptors (Lipinski definition) is 1. The molecule has 0 saturated heterocycles. The zero-order valence-corrected chi connectivity index (χ0v) is 9.73. The Morgan fingerprint density at radius 2 is 1.50 bits per heavy atom. The van der Waals surface area contributed by atoms with Gasteiger partial charge in [-0.2, -0.15) is 0 Å². The summed E-state index contributed by atoms with van der Waals surface area (Å²) in [5.41, 5.74) is 0. The van der Waals surface area contributed by atoms with E-state index in [0.717, 1.165) is 13.8 Å². The van der Waals surface area contributed by atoms with Gasteiger partial charge < -0.3 is 0 Å². The Kier molecular flexibility index (Phi) is 12.0. The molecule has 0 radical (unpaired) electrons. The first kappa shape index (κ1) is 18.2. The summed E-state index contributed by atoms with van der Waals surface area (Å²) in [7, 11) is 0. The minimum atomic E-state index is 0. The topological polar surface area (TPSA) is 0 Å². The minimum Gasteiger partial charge on any atom is -0.269 e. The lowest BCUT2D eigenvalue weighted by molar-refractivity contribution is 1.11. The first-order valence-electron chi connectivity index (χ1n) is 2.35. The molecule has 1 aromatic carbocycles. The predicted molar refractivity (Wildman–Crippen MR) is 56.6 cm³/mol. The van der Waals surface area contributed by atoms with Crippen molar-refractivity contribution in [3.8, 4) is 0 Å². The minimum absolute atomic E-state index is 0. The largest absolute Gasteiger partial charge is 0.269 e. The Labute approximate surface area is 90.5 Å². The third-order valence-corrected chi connectivity index (χ3v) is 3.66. The molecule has 0 amide bonds. The van der Waals surface area contributed by atoms with Crippen LogP contribution in [0.3, 0.4) is 0 Å². The molecule has 0 fully saturated rings. The van der Waals surface area contributed by atoms with E-state index in [1.54, 1.807) is 0 Å². The SMILES string of the molecule is F.F.F.Sc1cccc(Br)c1Br. The highest BCUT2D eigenvalue weighted by atomic mass is 79.9. The average Bonchev–Trinajstić information content (AvgIpc) is 1.83. The van der Waals surface area contributed by atoms with Crippen LogP contribution >= 0.6 is 44.5 Å². The summed E-state index contributed by atoms with van der Waals surface area (Å²) in [6.45, 7) is 0. The van der Waals surface area contributed by atoms with E-state index in [4.69, 9.17) is 0 Å². The molecule has 0 atom stereocenters. The second kappa shape index (κ2) is 7.94. The summed E-state index contributed by atoms with van der Waals surface area (Å²) < 4.78 is 2.04. The number of halogens is 5. The van der Waals surface area contributed by atoms with E-state index in [0.29, 0.717) is 0 Å². The van der Waals surface area contributed by atoms with E-state index in [-0.39, 0.29) is 14.1 Å². The lowest BCUT2D eigenvalue weighted by Gasteiger charge is -1.96. The van der Waals surface area contributed by atoms with Crippen molar-refractivity contribution in [2.75, 3.05) is 0 Å². The highest BCUT2D eigenvalue weighted by Crippen LogP contribution is 2.28. The van der Waals surface area contributed by atoms with Crippen molar-refractivity contribution in [3.63, 3.8) is 0 Å². The van der Waals surface area contributed by atoms with Gasteiger partial charge in [-0.3, -0.25) is 14.1 Å². The maximum atomic E-state index is 4.19. The van der Waals surface area contributed by atoms with E-state index in [2.05, 4.69) is 44.5 Å². The van der Waals surface area contributed by atoms with Crippen molar-refractivity contribution in [2.24, 2.45) is 0 Å². The molecule has 0 spiro atoms. The van der Waals surface area contributed by atoms with Crippen molar-refractivity contribution in [3.05, 3.63) is 27.1 Å². The van der Waals surface area contributed by atoms with Crippen LogP contribution < -0.4 is 0 Å². The van der Waals surface area contributed by atoms with Crippen LogP contribution in [0.1, 0.15) is 0 Å². The molecule has 0 aliphatic rings. The molecule has 0 heterocycles. The molecule has 0 nitrogen and oxygen atoms in total. The van der Waals surface area contributed by atoms with E-state index < -0.39 is 0 Å². The molecule has 72 valence electrons. The highest BCUT2D eigenvalue weighted by Gasteiger charge is 1.96. The number of thiol groups is 1. The molecule has 1 aromatic rings. The Hall–Kier alpha value is 0.320. The average molecular weight is 328 g/mol. The van der Waals surface area contributed by atoms with Crippen molar-refractivity contribution >= 4 is 44.5 Å². The predicted octanol–water partition coefficient (Wildman–Crippen LogP) is 3.96. The number of rotatable bonds is 0. The third-order valence-electron chi connectivity index (χ3n) is 0.931. The third kappa shape index (κ3) is 4.37. The summed E-state index contributed by atoms with van der Waals surface area (Å²) in [6.07, 6.45) is 0. The summed E-state index contributed by atoms with van der Waals surface area (Å²) in [4.78, 5) is 0.948. The fourth-order valence-electron chi connectivity index (χ4n) is 0.492. The van der Waals surface area contributed by atoms with Gasteiger partial charge in [0.05, 0.1) is 0 Å². The van der Waals surface area contributed by atoms with Crippen LogP contribution in [0.15, 0.2) is 32.0 Å². The second-order valence-electron chi connectivity index (χ2n) is 1.57. The maximum absolute atomic E-state index is 4.19. The Morgan fingerprint density at radius 3 is 1.83 bits per heavy atom. The molecule has 1 rings (SSSR count). The van der Waals surface area contributed by atoms with Gasteiger partial charge in [-0.05, 0) is 44.0 Å². The molecule has 0 aromatic heterocycles. The van der Waals surface area contributed by atoms with Crippen LogP contribution in [0.2, 0.25) is 0 Å². The second-order valence-corrected chi connectivity index (χ2v) is 3.70. The van der Waals surface area contributed by atoms with Gasteiger partial charge in [0, 0.05) is 13.8 Å². The van der Waals surface area contributed by atoms with Gasteiger partial charge in [0.2, 0.25) is 0 Å². The van der Waals surface area contributed by atoms with Crippen LogP contribution in [-0.2, 0) is 0 Å². The Morgan fingerprint density at radius 1 is 1.00 bits per heavy atom. The van der Waals surface area contributed by atoms with Gasteiger partial charge in [0.15, 0.2) is 0 Å². The fraction of sp³-hybridized carbons (Fsp3) is 0. The zero-order chi connectivity index (χ0) is 6.85. The first-order valence-corrected chi connectivity index (χ1v) is 4.38. The van der Waals surface area contributed by atoms with Gasteiger partial charge in [-0.15, -0.1) is 12.6 Å². The van der Waals surface area contributed by atoms with Gasteiger partial charge in [-0.1, -0.05) is 6.07 Å². The van der Waals surface area contributed by atoms with Gasteiger partial charge >= 0.3 is 0 Å². The molecule has 0 aliphatic heterocycles. The molecule has 0 unspecified atom stereocenters. The fourth-order valence-corrected chi connectivity index (χ4v) is 1.48. The summed E-state index contributed by atoms with van der Waals surface area (Å²) >= 11 is 10.9. The Balaban J connectivity index is -0.000000270. The molecule has 6 heteroatoms. The molecule has 0 saturated carbocycles. The normalized spacial score (nSPS) is 7.25. The van der Waals surface area contributed by atoms with Gasteiger partial charge in [-0.25, -0.2) is 0 Å². The van der Waals surface area contributed by atoms with Crippen molar-refractivity contribution in [2.45, 2.75) is 4.90 Å². The molecular weight excluding hydrogens is 321 g/mol. The molecule has 0 bridgehead atoms. The number of benzene rings is 1. The van der Waals surface area contributed by atoms with Crippen molar-refractivity contribution in [1.29, 1.82) is 0 Å². The lowest BCUT2D eigenvalue weighted by atomic mass is 10.4. The first-order chi connectivity index (χ1) is 4.22. The van der Waals surface area contributed by atoms with Gasteiger partial charge in [0.1, 0.15) is 0 Å². The summed E-state index contributed by atoms with van der Waals surface area (Å²) in [5, 5.41) is 0. The smallest absolute Gasteiger partial charge is 0.0450 e. The standard InChI is InChI=1S/C6H4Br2S.3FH/c7-4-2-1-3-5(9)6(4)8;;;/h1-3,9H;3*1H. The Bertz CT molecular complexity index is 212. The summed E-state index contributed by atoms with van der Waals surface area (Å²) in [6, 6.07) is 5.83. The van der Waals surface area contributed by atoms with Crippen molar-refractivity contribution < 1.29 is 14.1 Å². The van der Waals surface area contributed by atoms with E-state index in [1.807, 2.05) is 18.2 Å². The lowest BCUT2D eigenvalue weighted by Crippen LogP contribution is -1.69. The quantitative estimate of drug-likeness (QED) is 0.685. The summed E-state index contributed by atoms with van der Waals surface area (Å²) in [5.74, 6) is 0. The molecule has 0 N–H and O–H groups in total. The van der Waals surface area contributed by atoms with E-state index in [1.165, 1.54) is 0 Å². The van der Waals surface area contributed by atoms with Crippen molar-refractivity contribution in [1.82, 2.24) is 0 Å².